The van der Waals surface area contributed by atoms with Gasteiger partial charge in [-0.15, -0.1) is 0 Å². The van der Waals surface area contributed by atoms with Crippen LogP contribution < -0.4 is 11.1 Å². The Hall–Kier alpha value is -0.640. The lowest BCUT2D eigenvalue weighted by molar-refractivity contribution is 0.625. The van der Waals surface area contributed by atoms with Crippen molar-refractivity contribution in [3.05, 3.63) is 34.6 Å². The van der Waals surface area contributed by atoms with Gasteiger partial charge in [0, 0.05) is 0 Å². The van der Waals surface area contributed by atoms with Crippen molar-refractivity contribution in [1.29, 1.82) is 0 Å². The number of hydrogen-bond acceptors (Lipinski definition) is 2. The normalized spacial score (nSPS) is 10.6. The summed E-state index contributed by atoms with van der Waals surface area (Å²) >= 11 is 5.66. The third-order valence-corrected chi connectivity index (χ3v) is 2.42. The topological polar surface area (TPSA) is 38.0 Å². The van der Waals surface area contributed by atoms with E-state index in [1.54, 1.807) is 12.1 Å². The first-order chi connectivity index (χ1) is 7.24. The van der Waals surface area contributed by atoms with Crippen LogP contribution >= 0.6 is 11.6 Å². The first kappa shape index (κ1) is 12.4. The van der Waals surface area contributed by atoms with Crippen LogP contribution in [0.2, 0.25) is 5.02 Å². The first-order valence-corrected chi connectivity index (χ1v) is 5.46. The molecule has 3 N–H and O–H groups in total. The van der Waals surface area contributed by atoms with Crippen LogP contribution in [-0.2, 0) is 6.42 Å². The van der Waals surface area contributed by atoms with Crippen LogP contribution in [0.15, 0.2) is 18.2 Å². The smallest absolute Gasteiger partial charge is 0.141 e. The highest BCUT2D eigenvalue weighted by Gasteiger charge is 2.00. The van der Waals surface area contributed by atoms with E-state index in [1.807, 2.05) is 0 Å². The first-order valence-electron chi connectivity index (χ1n) is 5.08. The van der Waals surface area contributed by atoms with Gasteiger partial charge in [0.2, 0.25) is 0 Å². The molecule has 0 unspecified atom stereocenters. The summed E-state index contributed by atoms with van der Waals surface area (Å²) in [5.74, 6) is -0.364. The molecule has 0 atom stereocenters. The number of hydrogen-bond donors (Lipinski definition) is 2. The molecule has 0 aromatic heterocycles. The van der Waals surface area contributed by atoms with E-state index < -0.39 is 0 Å². The Kier molecular flexibility index (Phi) is 5.61. The molecule has 0 spiro atoms. The molecule has 4 heteroatoms. The van der Waals surface area contributed by atoms with Crippen molar-refractivity contribution in [2.45, 2.75) is 12.8 Å². The maximum atomic E-state index is 12.8. The van der Waals surface area contributed by atoms with E-state index in [-0.39, 0.29) is 10.8 Å². The Labute approximate surface area is 94.6 Å². The van der Waals surface area contributed by atoms with Crippen molar-refractivity contribution in [3.63, 3.8) is 0 Å². The number of benzene rings is 1. The fourth-order valence-corrected chi connectivity index (χ4v) is 1.48. The van der Waals surface area contributed by atoms with Crippen LogP contribution in [0.5, 0.6) is 0 Å². The van der Waals surface area contributed by atoms with E-state index in [0.717, 1.165) is 31.5 Å². The molecule has 0 aliphatic rings. The molecule has 0 saturated carbocycles. The predicted molar refractivity (Wildman–Crippen MR) is 61.7 cm³/mol. The average molecular weight is 231 g/mol. The lowest BCUT2D eigenvalue weighted by Gasteiger charge is -2.04. The summed E-state index contributed by atoms with van der Waals surface area (Å²) in [5, 5.41) is 3.44. The Bertz CT molecular complexity index is 305. The summed E-state index contributed by atoms with van der Waals surface area (Å²) < 4.78 is 12.8. The zero-order valence-electron chi connectivity index (χ0n) is 8.60. The van der Waals surface area contributed by atoms with E-state index in [2.05, 4.69) is 5.32 Å². The molecule has 1 aromatic carbocycles. The summed E-state index contributed by atoms with van der Waals surface area (Å²) in [6.45, 7) is 2.49. The minimum atomic E-state index is -0.364. The molecule has 0 radical (unpaired) electrons. The Morgan fingerprint density at radius 3 is 2.80 bits per heavy atom. The number of halogens is 2. The van der Waals surface area contributed by atoms with Gasteiger partial charge in [0.25, 0.3) is 0 Å². The number of nitrogens with two attached hydrogens (primary N) is 1. The van der Waals surface area contributed by atoms with Gasteiger partial charge in [-0.1, -0.05) is 17.7 Å². The second kappa shape index (κ2) is 6.77. The highest BCUT2D eigenvalue weighted by Crippen LogP contribution is 2.15. The van der Waals surface area contributed by atoms with E-state index in [0.29, 0.717) is 6.54 Å². The SMILES string of the molecule is NCCCNCCc1ccc(F)c(Cl)c1. The molecular weight excluding hydrogens is 215 g/mol. The molecule has 0 bridgehead atoms. The van der Waals surface area contributed by atoms with Gasteiger partial charge in [0.15, 0.2) is 0 Å². The van der Waals surface area contributed by atoms with E-state index in [1.165, 1.54) is 6.07 Å². The molecule has 2 nitrogen and oxygen atoms in total. The summed E-state index contributed by atoms with van der Waals surface area (Å²) in [4.78, 5) is 0. The predicted octanol–water partition coefficient (Wildman–Crippen LogP) is 1.96. The largest absolute Gasteiger partial charge is 0.330 e. The van der Waals surface area contributed by atoms with E-state index in [4.69, 9.17) is 17.3 Å². The molecule has 0 saturated heterocycles. The van der Waals surface area contributed by atoms with Gasteiger partial charge in [-0.25, -0.2) is 4.39 Å². The van der Waals surface area contributed by atoms with Crippen molar-refractivity contribution in [2.24, 2.45) is 5.73 Å². The molecule has 84 valence electrons. The van der Waals surface area contributed by atoms with Crippen LogP contribution in [0.3, 0.4) is 0 Å². The highest BCUT2D eigenvalue weighted by atomic mass is 35.5. The lowest BCUT2D eigenvalue weighted by Crippen LogP contribution is -2.20. The molecule has 0 aliphatic heterocycles. The minimum Gasteiger partial charge on any atom is -0.330 e. The molecule has 0 heterocycles. The summed E-state index contributed by atoms with van der Waals surface area (Å²) in [6, 6.07) is 4.82. The van der Waals surface area contributed by atoms with Crippen molar-refractivity contribution in [3.8, 4) is 0 Å². The maximum absolute atomic E-state index is 12.8. The molecule has 0 fully saturated rings. The van der Waals surface area contributed by atoms with Crippen LogP contribution in [0.25, 0.3) is 0 Å². The summed E-state index contributed by atoms with van der Waals surface area (Å²) in [7, 11) is 0. The van der Waals surface area contributed by atoms with Crippen LogP contribution in [0.4, 0.5) is 4.39 Å². The zero-order valence-corrected chi connectivity index (χ0v) is 9.36. The van der Waals surface area contributed by atoms with Crippen molar-refractivity contribution in [2.75, 3.05) is 19.6 Å². The Balaban J connectivity index is 2.28. The molecule has 0 aliphatic carbocycles. The number of rotatable bonds is 6. The quantitative estimate of drug-likeness (QED) is 0.734. The molecule has 1 aromatic rings. The van der Waals surface area contributed by atoms with Gasteiger partial charge in [-0.05, 0) is 50.2 Å². The fraction of sp³-hybridized carbons (Fsp3) is 0.455. The van der Waals surface area contributed by atoms with Gasteiger partial charge in [-0.2, -0.15) is 0 Å². The van der Waals surface area contributed by atoms with Gasteiger partial charge >= 0.3 is 0 Å². The van der Waals surface area contributed by atoms with E-state index >= 15 is 0 Å². The maximum Gasteiger partial charge on any atom is 0.141 e. The number of nitrogens with one attached hydrogen (secondary N) is 1. The van der Waals surface area contributed by atoms with Crippen LogP contribution in [0.1, 0.15) is 12.0 Å². The zero-order chi connectivity index (χ0) is 11.1. The van der Waals surface area contributed by atoms with Crippen LogP contribution in [0, 0.1) is 5.82 Å². The molecule has 0 amide bonds. The minimum absolute atomic E-state index is 0.189. The highest BCUT2D eigenvalue weighted by molar-refractivity contribution is 6.30. The van der Waals surface area contributed by atoms with E-state index in [9.17, 15) is 4.39 Å². The third kappa shape index (κ3) is 4.60. The van der Waals surface area contributed by atoms with Crippen molar-refractivity contribution < 1.29 is 4.39 Å². The summed E-state index contributed by atoms with van der Waals surface area (Å²) in [6.07, 6.45) is 1.83. The summed E-state index contributed by atoms with van der Waals surface area (Å²) in [5.41, 5.74) is 6.40. The second-order valence-electron chi connectivity index (χ2n) is 3.39. The average Bonchev–Trinajstić information content (AvgIpc) is 2.23. The lowest BCUT2D eigenvalue weighted by atomic mass is 10.1. The second-order valence-corrected chi connectivity index (χ2v) is 3.80. The monoisotopic (exact) mass is 230 g/mol. The standard InChI is InChI=1S/C11H16ClFN2/c12-10-8-9(2-3-11(10)13)4-7-15-6-1-5-14/h2-3,8,15H,1,4-7,14H2. The Morgan fingerprint density at radius 2 is 2.13 bits per heavy atom. The molecular formula is C11H16ClFN2. The Morgan fingerprint density at radius 1 is 1.33 bits per heavy atom. The van der Waals surface area contributed by atoms with Gasteiger partial charge < -0.3 is 11.1 Å². The third-order valence-electron chi connectivity index (χ3n) is 2.13. The fourth-order valence-electron chi connectivity index (χ4n) is 1.28. The van der Waals surface area contributed by atoms with Crippen LogP contribution in [-0.4, -0.2) is 19.6 Å². The molecule has 1 rings (SSSR count). The van der Waals surface area contributed by atoms with Gasteiger partial charge in [-0.3, -0.25) is 0 Å². The van der Waals surface area contributed by atoms with Crippen molar-refractivity contribution >= 4 is 11.6 Å². The molecule has 15 heavy (non-hydrogen) atoms. The van der Waals surface area contributed by atoms with Gasteiger partial charge in [0.1, 0.15) is 5.82 Å². The van der Waals surface area contributed by atoms with Crippen molar-refractivity contribution in [1.82, 2.24) is 5.32 Å². The van der Waals surface area contributed by atoms with Gasteiger partial charge in [0.05, 0.1) is 5.02 Å².